The lowest BCUT2D eigenvalue weighted by molar-refractivity contribution is 0.0984. The minimum atomic E-state index is -0.124. The summed E-state index contributed by atoms with van der Waals surface area (Å²) in [6, 6.07) is 15.5. The zero-order valence-corrected chi connectivity index (χ0v) is 15.3. The molecule has 0 unspecified atom stereocenters. The second-order valence-corrected chi connectivity index (χ2v) is 6.45. The SMILES string of the molecule is COc1ccc(C)cc1Nc1cc(C(=O)N2CCc3ccccc32)ncn1. The minimum absolute atomic E-state index is 0.124. The zero-order valence-electron chi connectivity index (χ0n) is 15.3. The van der Waals surface area contributed by atoms with E-state index in [4.69, 9.17) is 4.74 Å². The standard InChI is InChI=1S/C21H20N4O2/c1-14-7-8-19(27-2)16(11-14)24-20-12-17(22-13-23-20)21(26)25-10-9-15-5-3-4-6-18(15)25/h3-8,11-13H,9-10H2,1-2H3,(H,22,23,24). The second-order valence-electron chi connectivity index (χ2n) is 6.45. The van der Waals surface area contributed by atoms with Crippen LogP contribution in [-0.4, -0.2) is 29.5 Å². The van der Waals surface area contributed by atoms with Gasteiger partial charge in [0.2, 0.25) is 0 Å². The molecule has 4 rings (SSSR count). The number of hydrogen-bond acceptors (Lipinski definition) is 5. The Balaban J connectivity index is 1.60. The van der Waals surface area contributed by atoms with Gasteiger partial charge in [0.1, 0.15) is 23.6 Å². The van der Waals surface area contributed by atoms with E-state index in [0.29, 0.717) is 23.8 Å². The van der Waals surface area contributed by atoms with Crippen LogP contribution >= 0.6 is 0 Å². The van der Waals surface area contributed by atoms with Crippen molar-refractivity contribution in [3.05, 3.63) is 71.7 Å². The maximum absolute atomic E-state index is 13.0. The topological polar surface area (TPSA) is 67.3 Å². The fourth-order valence-electron chi connectivity index (χ4n) is 3.29. The van der Waals surface area contributed by atoms with Gasteiger partial charge in [-0.05, 0) is 42.7 Å². The molecular formula is C21H20N4O2. The predicted molar refractivity (Wildman–Crippen MR) is 105 cm³/mol. The van der Waals surface area contributed by atoms with Gasteiger partial charge < -0.3 is 15.0 Å². The number of hydrogen-bond donors (Lipinski definition) is 1. The molecule has 1 amide bonds. The Morgan fingerprint density at radius 3 is 2.85 bits per heavy atom. The lowest BCUT2D eigenvalue weighted by Crippen LogP contribution is -2.29. The molecule has 3 aromatic rings. The summed E-state index contributed by atoms with van der Waals surface area (Å²) in [7, 11) is 1.62. The number of aryl methyl sites for hydroxylation is 1. The molecule has 0 aliphatic carbocycles. The normalized spacial score (nSPS) is 12.6. The molecular weight excluding hydrogens is 340 g/mol. The number of carbonyl (C=O) groups excluding carboxylic acids is 1. The molecule has 1 aliphatic rings. The predicted octanol–water partition coefficient (Wildman–Crippen LogP) is 3.74. The van der Waals surface area contributed by atoms with E-state index in [9.17, 15) is 4.79 Å². The van der Waals surface area contributed by atoms with Crippen LogP contribution in [0.1, 0.15) is 21.6 Å². The minimum Gasteiger partial charge on any atom is -0.495 e. The lowest BCUT2D eigenvalue weighted by atomic mass is 10.2. The summed E-state index contributed by atoms with van der Waals surface area (Å²) >= 11 is 0. The Morgan fingerprint density at radius 2 is 2.00 bits per heavy atom. The molecule has 6 nitrogen and oxygen atoms in total. The molecule has 0 atom stereocenters. The number of methoxy groups -OCH3 is 1. The first-order valence-electron chi connectivity index (χ1n) is 8.79. The fraction of sp³-hybridized carbons (Fsp3) is 0.190. The van der Waals surface area contributed by atoms with Crippen LogP contribution in [0.15, 0.2) is 54.9 Å². The molecule has 0 bridgehead atoms. The number of para-hydroxylation sites is 1. The summed E-state index contributed by atoms with van der Waals surface area (Å²) in [6.07, 6.45) is 2.26. The van der Waals surface area contributed by atoms with Gasteiger partial charge in [-0.25, -0.2) is 9.97 Å². The van der Waals surface area contributed by atoms with Crippen molar-refractivity contribution in [2.24, 2.45) is 0 Å². The van der Waals surface area contributed by atoms with Gasteiger partial charge in [0.25, 0.3) is 5.91 Å². The largest absolute Gasteiger partial charge is 0.495 e. The van der Waals surface area contributed by atoms with E-state index in [0.717, 1.165) is 23.4 Å². The Kier molecular flexibility index (Phi) is 4.46. The van der Waals surface area contributed by atoms with Gasteiger partial charge in [-0.15, -0.1) is 0 Å². The van der Waals surface area contributed by atoms with Crippen molar-refractivity contribution < 1.29 is 9.53 Å². The van der Waals surface area contributed by atoms with Crippen molar-refractivity contribution in [1.82, 2.24) is 9.97 Å². The van der Waals surface area contributed by atoms with Crippen LogP contribution in [0.25, 0.3) is 0 Å². The number of anilines is 3. The van der Waals surface area contributed by atoms with Crippen LogP contribution in [0.2, 0.25) is 0 Å². The number of amides is 1. The van der Waals surface area contributed by atoms with Gasteiger partial charge in [0.15, 0.2) is 0 Å². The second kappa shape index (κ2) is 7.07. The number of fused-ring (bicyclic) bond motifs is 1. The van der Waals surface area contributed by atoms with Crippen LogP contribution in [0.3, 0.4) is 0 Å². The number of carbonyl (C=O) groups is 1. The van der Waals surface area contributed by atoms with E-state index in [1.165, 1.54) is 11.9 Å². The molecule has 2 aromatic carbocycles. The molecule has 0 saturated carbocycles. The van der Waals surface area contributed by atoms with Crippen molar-refractivity contribution in [2.75, 3.05) is 23.9 Å². The highest BCUT2D eigenvalue weighted by Crippen LogP contribution is 2.30. The number of benzene rings is 2. The van der Waals surface area contributed by atoms with E-state index in [1.54, 1.807) is 18.1 Å². The van der Waals surface area contributed by atoms with E-state index in [1.807, 2.05) is 43.3 Å². The summed E-state index contributed by atoms with van der Waals surface area (Å²) in [4.78, 5) is 23.2. The van der Waals surface area contributed by atoms with E-state index in [2.05, 4.69) is 21.4 Å². The van der Waals surface area contributed by atoms with Crippen molar-refractivity contribution in [3.63, 3.8) is 0 Å². The molecule has 6 heteroatoms. The summed E-state index contributed by atoms with van der Waals surface area (Å²) in [5.41, 5.74) is 4.38. The number of ether oxygens (including phenoxy) is 1. The molecule has 0 fully saturated rings. The van der Waals surface area contributed by atoms with E-state index >= 15 is 0 Å². The lowest BCUT2D eigenvalue weighted by Gasteiger charge is -2.17. The molecule has 1 aromatic heterocycles. The van der Waals surface area contributed by atoms with Crippen molar-refractivity contribution in [1.29, 1.82) is 0 Å². The Labute approximate surface area is 157 Å². The first-order chi connectivity index (χ1) is 13.2. The Bertz CT molecular complexity index is 1000. The van der Waals surface area contributed by atoms with Gasteiger partial charge in [-0.3, -0.25) is 4.79 Å². The van der Waals surface area contributed by atoms with Crippen LogP contribution in [0.4, 0.5) is 17.2 Å². The van der Waals surface area contributed by atoms with Crippen molar-refractivity contribution >= 4 is 23.1 Å². The number of rotatable bonds is 4. The third-order valence-electron chi connectivity index (χ3n) is 4.64. The highest BCUT2D eigenvalue weighted by Gasteiger charge is 2.26. The van der Waals surface area contributed by atoms with Gasteiger partial charge in [-0.1, -0.05) is 24.3 Å². The number of nitrogens with one attached hydrogen (secondary N) is 1. The average Bonchev–Trinajstić information content (AvgIpc) is 3.12. The maximum atomic E-state index is 13.0. The number of aromatic nitrogens is 2. The summed E-state index contributed by atoms with van der Waals surface area (Å²) in [5, 5.41) is 3.22. The van der Waals surface area contributed by atoms with Gasteiger partial charge in [0.05, 0.1) is 12.8 Å². The smallest absolute Gasteiger partial charge is 0.277 e. The van der Waals surface area contributed by atoms with Gasteiger partial charge >= 0.3 is 0 Å². The Hall–Kier alpha value is -3.41. The molecule has 1 aliphatic heterocycles. The van der Waals surface area contributed by atoms with Crippen LogP contribution in [0, 0.1) is 6.92 Å². The monoisotopic (exact) mass is 360 g/mol. The first kappa shape index (κ1) is 17.0. The molecule has 27 heavy (non-hydrogen) atoms. The van der Waals surface area contributed by atoms with E-state index in [-0.39, 0.29) is 5.91 Å². The van der Waals surface area contributed by atoms with Crippen LogP contribution in [-0.2, 0) is 6.42 Å². The molecule has 0 spiro atoms. The van der Waals surface area contributed by atoms with Crippen molar-refractivity contribution in [3.8, 4) is 5.75 Å². The van der Waals surface area contributed by atoms with Crippen LogP contribution in [0.5, 0.6) is 5.75 Å². The molecule has 2 heterocycles. The number of nitrogens with zero attached hydrogens (tertiary/aromatic N) is 3. The van der Waals surface area contributed by atoms with E-state index < -0.39 is 0 Å². The third kappa shape index (κ3) is 3.33. The zero-order chi connectivity index (χ0) is 18.8. The molecule has 0 radical (unpaired) electrons. The van der Waals surface area contributed by atoms with Gasteiger partial charge in [-0.2, -0.15) is 0 Å². The van der Waals surface area contributed by atoms with Crippen molar-refractivity contribution in [2.45, 2.75) is 13.3 Å². The molecule has 136 valence electrons. The van der Waals surface area contributed by atoms with Crippen LogP contribution < -0.4 is 15.0 Å². The summed E-state index contributed by atoms with van der Waals surface area (Å²) in [6.45, 7) is 2.67. The highest BCUT2D eigenvalue weighted by molar-refractivity contribution is 6.06. The first-order valence-corrected chi connectivity index (χ1v) is 8.79. The third-order valence-corrected chi connectivity index (χ3v) is 4.64. The maximum Gasteiger partial charge on any atom is 0.277 e. The fourth-order valence-corrected chi connectivity index (χ4v) is 3.29. The Morgan fingerprint density at radius 1 is 1.15 bits per heavy atom. The highest BCUT2D eigenvalue weighted by atomic mass is 16.5. The molecule has 0 saturated heterocycles. The quantitative estimate of drug-likeness (QED) is 0.768. The average molecular weight is 360 g/mol. The summed E-state index contributed by atoms with van der Waals surface area (Å²) in [5.74, 6) is 1.13. The van der Waals surface area contributed by atoms with Gasteiger partial charge in [0, 0.05) is 18.3 Å². The molecule has 1 N–H and O–H groups in total. The summed E-state index contributed by atoms with van der Waals surface area (Å²) < 4.78 is 5.39.